The second-order valence-electron chi connectivity index (χ2n) is 8.21. The van der Waals surface area contributed by atoms with E-state index in [1.165, 1.54) is 6.07 Å². The average Bonchev–Trinajstić information content (AvgIpc) is 2.90. The number of amides is 1. The molecule has 0 radical (unpaired) electrons. The van der Waals surface area contributed by atoms with Crippen molar-refractivity contribution in [3.8, 4) is 5.75 Å². The van der Waals surface area contributed by atoms with Crippen molar-refractivity contribution in [3.05, 3.63) is 136 Å². The fraction of sp³-hybridized carbons (Fsp3) is 0.138. The lowest BCUT2D eigenvalue weighted by atomic mass is 9.86. The number of carbonyl (C=O) groups excluding carboxylic acids is 1. The molecule has 0 aliphatic rings. The highest BCUT2D eigenvalue weighted by Crippen LogP contribution is 2.31. The normalized spacial score (nSPS) is 10.7. The van der Waals surface area contributed by atoms with E-state index in [4.69, 9.17) is 9.84 Å². The van der Waals surface area contributed by atoms with Gasteiger partial charge in [-0.1, -0.05) is 72.8 Å². The first-order valence-corrected chi connectivity index (χ1v) is 11.5. The molecule has 0 spiro atoms. The van der Waals surface area contributed by atoms with Crippen LogP contribution in [-0.2, 0) is 11.3 Å². The van der Waals surface area contributed by atoms with Crippen LogP contribution in [0.25, 0.3) is 0 Å². The van der Waals surface area contributed by atoms with E-state index in [-0.39, 0.29) is 23.9 Å². The molecule has 1 heterocycles. The molecule has 7 heteroatoms. The van der Waals surface area contributed by atoms with Gasteiger partial charge in [0.15, 0.2) is 6.61 Å². The van der Waals surface area contributed by atoms with Crippen LogP contribution in [0.2, 0.25) is 0 Å². The first-order valence-electron chi connectivity index (χ1n) is 11.5. The summed E-state index contributed by atoms with van der Waals surface area (Å²) in [5.74, 6) is -1.19. The minimum atomic E-state index is -1.10. The highest BCUT2D eigenvalue weighted by molar-refractivity contribution is 5.94. The van der Waals surface area contributed by atoms with E-state index in [1.807, 2.05) is 48.7 Å². The third-order valence-electron chi connectivity index (χ3n) is 5.70. The molecule has 4 aromatic rings. The van der Waals surface area contributed by atoms with E-state index < -0.39 is 12.6 Å². The van der Waals surface area contributed by atoms with Crippen LogP contribution in [0.5, 0.6) is 5.75 Å². The van der Waals surface area contributed by atoms with Crippen LogP contribution in [0.1, 0.15) is 33.0 Å². The standard InChI is InChI=1S/C29H26N2O5/c32-26-15-14-24(28(21-8-3-1-4-9-21)22-10-5-2-6-11-22)19-31(26)17-16-30-29(35)23-12-7-13-25(18-23)36-20-27(33)34/h1-15,18-19,28H,16-17,20H2,(H,30,35)(H,33,34). The van der Waals surface area contributed by atoms with Gasteiger partial charge in [-0.25, -0.2) is 4.79 Å². The molecular formula is C29H26N2O5. The molecule has 2 N–H and O–H groups in total. The van der Waals surface area contributed by atoms with Crippen LogP contribution in [0.4, 0.5) is 0 Å². The molecule has 0 aliphatic heterocycles. The molecule has 0 unspecified atom stereocenters. The highest BCUT2D eigenvalue weighted by Gasteiger charge is 2.17. The Morgan fingerprint density at radius 3 is 2.14 bits per heavy atom. The maximum absolute atomic E-state index is 12.6. The van der Waals surface area contributed by atoms with Crippen LogP contribution in [0.15, 0.2) is 108 Å². The van der Waals surface area contributed by atoms with Gasteiger partial charge < -0.3 is 19.7 Å². The maximum Gasteiger partial charge on any atom is 0.341 e. The predicted molar refractivity (Wildman–Crippen MR) is 136 cm³/mol. The second-order valence-corrected chi connectivity index (χ2v) is 8.21. The van der Waals surface area contributed by atoms with Crippen molar-refractivity contribution in [1.82, 2.24) is 9.88 Å². The summed E-state index contributed by atoms with van der Waals surface area (Å²) >= 11 is 0. The Hall–Kier alpha value is -4.65. The van der Waals surface area contributed by atoms with Gasteiger partial charge in [0.25, 0.3) is 11.5 Å². The molecular weight excluding hydrogens is 456 g/mol. The Balaban J connectivity index is 1.48. The summed E-state index contributed by atoms with van der Waals surface area (Å²) in [5, 5.41) is 11.6. The summed E-state index contributed by atoms with van der Waals surface area (Å²) < 4.78 is 6.73. The van der Waals surface area contributed by atoms with Crippen molar-refractivity contribution >= 4 is 11.9 Å². The zero-order valence-electron chi connectivity index (χ0n) is 19.5. The van der Waals surface area contributed by atoms with Gasteiger partial charge in [0.1, 0.15) is 5.75 Å². The molecule has 36 heavy (non-hydrogen) atoms. The molecule has 182 valence electrons. The van der Waals surface area contributed by atoms with E-state index in [1.54, 1.807) is 28.8 Å². The number of nitrogens with zero attached hydrogens (tertiary/aromatic N) is 1. The van der Waals surface area contributed by atoms with Crippen molar-refractivity contribution in [2.45, 2.75) is 12.5 Å². The van der Waals surface area contributed by atoms with Crippen LogP contribution in [0, 0.1) is 0 Å². The molecule has 0 bridgehead atoms. The topological polar surface area (TPSA) is 97.6 Å². The van der Waals surface area contributed by atoms with Crippen LogP contribution >= 0.6 is 0 Å². The summed E-state index contributed by atoms with van der Waals surface area (Å²) in [7, 11) is 0. The lowest BCUT2D eigenvalue weighted by molar-refractivity contribution is -0.139. The van der Waals surface area contributed by atoms with Crippen LogP contribution in [-0.4, -0.2) is 34.7 Å². The van der Waals surface area contributed by atoms with Crippen molar-refractivity contribution in [2.75, 3.05) is 13.2 Å². The van der Waals surface area contributed by atoms with Gasteiger partial charge in [-0.15, -0.1) is 0 Å². The molecule has 1 aromatic heterocycles. The van der Waals surface area contributed by atoms with Crippen molar-refractivity contribution in [2.24, 2.45) is 0 Å². The SMILES string of the molecule is O=C(O)COc1cccc(C(=O)NCCn2cc(C(c3ccccc3)c3ccccc3)ccc2=O)c1. The molecule has 4 rings (SSSR count). The molecule has 0 fully saturated rings. The summed E-state index contributed by atoms with van der Waals surface area (Å²) in [6.07, 6.45) is 1.85. The molecule has 0 aliphatic carbocycles. The number of carbonyl (C=O) groups is 2. The smallest absolute Gasteiger partial charge is 0.341 e. The number of nitrogens with one attached hydrogen (secondary N) is 1. The minimum Gasteiger partial charge on any atom is -0.482 e. The van der Waals surface area contributed by atoms with Crippen molar-refractivity contribution in [3.63, 3.8) is 0 Å². The Kier molecular flexibility index (Phi) is 7.93. The summed E-state index contributed by atoms with van der Waals surface area (Å²) in [6.45, 7) is 0.0466. The van der Waals surface area contributed by atoms with Gasteiger partial charge in [0, 0.05) is 36.8 Å². The number of benzene rings is 3. The van der Waals surface area contributed by atoms with E-state index in [9.17, 15) is 14.4 Å². The third kappa shape index (κ3) is 6.27. The number of ether oxygens (including phenoxy) is 1. The minimum absolute atomic E-state index is 0.0395. The summed E-state index contributed by atoms with van der Waals surface area (Å²) in [6, 6.07) is 29.9. The largest absolute Gasteiger partial charge is 0.482 e. The number of carboxylic acid groups (broad SMARTS) is 1. The molecule has 3 aromatic carbocycles. The molecule has 0 saturated carbocycles. The number of hydrogen-bond acceptors (Lipinski definition) is 4. The fourth-order valence-electron chi connectivity index (χ4n) is 4.03. The number of rotatable bonds is 10. The van der Waals surface area contributed by atoms with E-state index in [0.29, 0.717) is 17.9 Å². The van der Waals surface area contributed by atoms with Crippen molar-refractivity contribution < 1.29 is 19.4 Å². The number of aliphatic carboxylic acids is 1. The summed E-state index contributed by atoms with van der Waals surface area (Å²) in [5.41, 5.74) is 3.39. The predicted octanol–water partition coefficient (Wildman–Crippen LogP) is 3.92. The third-order valence-corrected chi connectivity index (χ3v) is 5.70. The quantitative estimate of drug-likeness (QED) is 0.357. The number of pyridine rings is 1. The van der Waals surface area contributed by atoms with Gasteiger partial charge in [0.05, 0.1) is 0 Å². The maximum atomic E-state index is 12.6. The zero-order chi connectivity index (χ0) is 25.3. The molecule has 0 saturated heterocycles. The number of aromatic nitrogens is 1. The van der Waals surface area contributed by atoms with Gasteiger partial charge >= 0.3 is 5.97 Å². The second kappa shape index (κ2) is 11.7. The summed E-state index contributed by atoms with van der Waals surface area (Å²) in [4.78, 5) is 35.8. The Morgan fingerprint density at radius 2 is 1.50 bits per heavy atom. The molecule has 1 amide bonds. The van der Waals surface area contributed by atoms with E-state index in [2.05, 4.69) is 29.6 Å². The lowest BCUT2D eigenvalue weighted by Gasteiger charge is -2.20. The van der Waals surface area contributed by atoms with Crippen LogP contribution < -0.4 is 15.6 Å². The average molecular weight is 483 g/mol. The zero-order valence-corrected chi connectivity index (χ0v) is 19.5. The number of hydrogen-bond donors (Lipinski definition) is 2. The fourth-order valence-corrected chi connectivity index (χ4v) is 4.03. The van der Waals surface area contributed by atoms with Gasteiger partial charge in [-0.2, -0.15) is 0 Å². The monoisotopic (exact) mass is 482 g/mol. The Labute approximate surface area is 208 Å². The first kappa shape index (κ1) is 24.5. The molecule has 7 nitrogen and oxygen atoms in total. The Morgan fingerprint density at radius 1 is 0.833 bits per heavy atom. The van der Waals surface area contributed by atoms with E-state index >= 15 is 0 Å². The number of carboxylic acids is 1. The van der Waals surface area contributed by atoms with Gasteiger partial charge in [0.2, 0.25) is 0 Å². The Bertz CT molecular complexity index is 1340. The van der Waals surface area contributed by atoms with Crippen LogP contribution in [0.3, 0.4) is 0 Å². The first-order chi connectivity index (χ1) is 17.5. The van der Waals surface area contributed by atoms with E-state index in [0.717, 1.165) is 16.7 Å². The lowest BCUT2D eigenvalue weighted by Crippen LogP contribution is -2.30. The highest BCUT2D eigenvalue weighted by atomic mass is 16.5. The van der Waals surface area contributed by atoms with Gasteiger partial charge in [-0.3, -0.25) is 9.59 Å². The molecule has 0 atom stereocenters. The van der Waals surface area contributed by atoms with Crippen molar-refractivity contribution in [1.29, 1.82) is 0 Å². The van der Waals surface area contributed by atoms with Gasteiger partial charge in [-0.05, 0) is 34.9 Å².